The monoisotopic (exact) mass is 324 g/mol. The van der Waals surface area contributed by atoms with Crippen molar-refractivity contribution in [2.24, 2.45) is 0 Å². The molecule has 7 heteroatoms. The molecular weight excluding hydrogens is 300 g/mol. The minimum atomic E-state index is -0.526. The number of alkyl carbamates (subject to hydrolysis) is 1. The molecule has 5 N–H and O–H groups in total. The van der Waals surface area contributed by atoms with Crippen LogP contribution in [0.2, 0.25) is 0 Å². The average Bonchev–Trinajstić information content (AvgIpc) is 2.44. The first kappa shape index (κ1) is 18.6. The zero-order valence-corrected chi connectivity index (χ0v) is 13.6. The summed E-state index contributed by atoms with van der Waals surface area (Å²) < 4.78 is 5.09. The molecule has 0 aliphatic heterocycles. The Morgan fingerprint density at radius 3 is 2.43 bits per heavy atom. The van der Waals surface area contributed by atoms with E-state index < -0.39 is 17.4 Å². The molecule has 23 heavy (non-hydrogen) atoms. The molecule has 0 saturated heterocycles. The molecule has 0 aliphatic rings. The lowest BCUT2D eigenvalue weighted by Gasteiger charge is -2.19. The predicted molar refractivity (Wildman–Crippen MR) is 86.5 cm³/mol. The minimum Gasteiger partial charge on any atom is -0.504 e. The first-order valence-electron chi connectivity index (χ1n) is 7.26. The molecule has 1 amide bonds. The smallest absolute Gasteiger partial charge is 0.407 e. The van der Waals surface area contributed by atoms with E-state index >= 15 is 0 Å². The van der Waals surface area contributed by atoms with E-state index in [-0.39, 0.29) is 11.5 Å². The molecule has 0 radical (unpaired) electrons. The molecule has 0 bridgehead atoms. The van der Waals surface area contributed by atoms with Crippen LogP contribution in [0.1, 0.15) is 26.3 Å². The van der Waals surface area contributed by atoms with Crippen molar-refractivity contribution < 1.29 is 24.9 Å². The van der Waals surface area contributed by atoms with Crippen LogP contribution >= 0.6 is 0 Å². The number of hydrogen-bond acceptors (Lipinski definition) is 6. The van der Waals surface area contributed by atoms with Gasteiger partial charge in [-0.25, -0.2) is 4.79 Å². The number of ether oxygens (including phenoxy) is 1. The lowest BCUT2D eigenvalue weighted by atomic mass is 10.1. The Bertz CT molecular complexity index is 564. The normalized spacial score (nSPS) is 11.6. The zero-order valence-electron chi connectivity index (χ0n) is 13.6. The summed E-state index contributed by atoms with van der Waals surface area (Å²) in [6.45, 7) is 6.57. The molecule has 128 valence electrons. The molecule has 1 rings (SSSR count). The van der Waals surface area contributed by atoms with Crippen LogP contribution in [-0.4, -0.2) is 40.1 Å². The van der Waals surface area contributed by atoms with E-state index in [0.29, 0.717) is 25.2 Å². The van der Waals surface area contributed by atoms with Gasteiger partial charge in [-0.3, -0.25) is 0 Å². The van der Waals surface area contributed by atoms with Gasteiger partial charge < -0.3 is 30.7 Å². The van der Waals surface area contributed by atoms with Gasteiger partial charge in [-0.1, -0.05) is 18.2 Å². The molecule has 1 aromatic rings. The van der Waals surface area contributed by atoms with Gasteiger partial charge in [0.25, 0.3) is 0 Å². The van der Waals surface area contributed by atoms with E-state index in [1.807, 2.05) is 6.08 Å². The minimum absolute atomic E-state index is 0.323. The van der Waals surface area contributed by atoms with E-state index in [4.69, 9.17) is 4.74 Å². The van der Waals surface area contributed by atoms with Crippen molar-refractivity contribution in [1.29, 1.82) is 0 Å². The fraction of sp³-hybridized carbons (Fsp3) is 0.438. The summed E-state index contributed by atoms with van der Waals surface area (Å²) in [6, 6.07) is 2.83. The summed E-state index contributed by atoms with van der Waals surface area (Å²) in [7, 11) is 0. The number of phenols is 3. The van der Waals surface area contributed by atoms with Crippen LogP contribution in [-0.2, 0) is 11.3 Å². The number of hydrogen-bond donors (Lipinski definition) is 5. The fourth-order valence-corrected chi connectivity index (χ4v) is 1.67. The largest absolute Gasteiger partial charge is 0.504 e. The molecule has 0 fully saturated rings. The van der Waals surface area contributed by atoms with Gasteiger partial charge in [0, 0.05) is 25.2 Å². The molecule has 0 atom stereocenters. The van der Waals surface area contributed by atoms with Crippen molar-refractivity contribution in [3.63, 3.8) is 0 Å². The standard InChI is InChI=1S/C16H24N2O5/c1-16(2,3)23-15(22)18-9-5-4-8-17-10-11-6-7-12(19)14(21)13(11)20/h4-7,17,19-21H,8-10H2,1-3H3,(H,18,22)/b5-4+. The number of nitrogens with one attached hydrogen (secondary N) is 2. The lowest BCUT2D eigenvalue weighted by Crippen LogP contribution is -2.32. The molecule has 0 spiro atoms. The quantitative estimate of drug-likeness (QED) is 0.311. The van der Waals surface area contributed by atoms with Gasteiger partial charge in [0.15, 0.2) is 11.5 Å². The number of benzene rings is 1. The van der Waals surface area contributed by atoms with Crippen LogP contribution in [0.25, 0.3) is 0 Å². The van der Waals surface area contributed by atoms with Crippen molar-refractivity contribution >= 4 is 6.09 Å². The predicted octanol–water partition coefficient (Wildman–Crippen LogP) is 1.97. The van der Waals surface area contributed by atoms with Gasteiger partial charge in [-0.2, -0.15) is 0 Å². The summed E-state index contributed by atoms with van der Waals surface area (Å²) >= 11 is 0. The van der Waals surface area contributed by atoms with E-state index in [1.165, 1.54) is 12.1 Å². The Morgan fingerprint density at radius 2 is 1.78 bits per heavy atom. The van der Waals surface area contributed by atoms with Crippen molar-refractivity contribution in [2.45, 2.75) is 32.9 Å². The number of amides is 1. The van der Waals surface area contributed by atoms with Gasteiger partial charge in [-0.05, 0) is 26.8 Å². The highest BCUT2D eigenvalue weighted by molar-refractivity contribution is 5.67. The second kappa shape index (κ2) is 8.28. The van der Waals surface area contributed by atoms with E-state index in [2.05, 4.69) is 10.6 Å². The maximum Gasteiger partial charge on any atom is 0.407 e. The maximum atomic E-state index is 11.4. The van der Waals surface area contributed by atoms with Crippen molar-refractivity contribution in [3.05, 3.63) is 29.8 Å². The molecule has 0 aromatic heterocycles. The van der Waals surface area contributed by atoms with Crippen molar-refractivity contribution in [3.8, 4) is 17.2 Å². The van der Waals surface area contributed by atoms with Crippen molar-refractivity contribution in [1.82, 2.24) is 10.6 Å². The summed E-state index contributed by atoms with van der Waals surface area (Å²) in [5.41, 5.74) is -0.0480. The van der Waals surface area contributed by atoms with E-state index in [9.17, 15) is 20.1 Å². The first-order valence-corrected chi connectivity index (χ1v) is 7.26. The molecule has 0 unspecified atom stereocenters. The summed E-state index contributed by atoms with van der Waals surface area (Å²) in [5, 5.41) is 33.9. The van der Waals surface area contributed by atoms with Crippen molar-refractivity contribution in [2.75, 3.05) is 13.1 Å². The number of rotatable bonds is 6. The highest BCUT2D eigenvalue weighted by atomic mass is 16.6. The number of aromatic hydroxyl groups is 3. The number of carbonyl (C=O) groups is 1. The summed E-state index contributed by atoms with van der Waals surface area (Å²) in [4.78, 5) is 11.4. The molecule has 0 heterocycles. The SMILES string of the molecule is CC(C)(C)OC(=O)NC/C=C/CNCc1ccc(O)c(O)c1O. The van der Waals surface area contributed by atoms with Gasteiger partial charge in [-0.15, -0.1) is 0 Å². The third-order valence-electron chi connectivity index (χ3n) is 2.72. The van der Waals surface area contributed by atoms with Crippen LogP contribution in [0, 0.1) is 0 Å². The first-order chi connectivity index (χ1) is 10.7. The highest BCUT2D eigenvalue weighted by Crippen LogP contribution is 2.36. The van der Waals surface area contributed by atoms with Gasteiger partial charge in [0.1, 0.15) is 5.60 Å². The highest BCUT2D eigenvalue weighted by Gasteiger charge is 2.15. The Labute approximate surface area is 135 Å². The molecular formula is C16H24N2O5. The van der Waals surface area contributed by atoms with Crippen LogP contribution in [0.4, 0.5) is 4.79 Å². The van der Waals surface area contributed by atoms with Gasteiger partial charge in [0.05, 0.1) is 0 Å². The zero-order chi connectivity index (χ0) is 17.5. The van der Waals surface area contributed by atoms with Crippen LogP contribution in [0.3, 0.4) is 0 Å². The average molecular weight is 324 g/mol. The Hall–Kier alpha value is -2.41. The lowest BCUT2D eigenvalue weighted by molar-refractivity contribution is 0.0534. The summed E-state index contributed by atoms with van der Waals surface area (Å²) in [5.74, 6) is -1.23. The maximum absolute atomic E-state index is 11.4. The second-order valence-corrected chi connectivity index (χ2v) is 5.93. The third kappa shape index (κ3) is 6.92. The topological polar surface area (TPSA) is 111 Å². The van der Waals surface area contributed by atoms with Crippen LogP contribution < -0.4 is 10.6 Å². The molecule has 0 saturated carbocycles. The van der Waals surface area contributed by atoms with E-state index in [1.54, 1.807) is 26.8 Å². The Balaban J connectivity index is 2.25. The molecule has 1 aromatic carbocycles. The van der Waals surface area contributed by atoms with Crippen LogP contribution in [0.5, 0.6) is 17.2 Å². The van der Waals surface area contributed by atoms with Crippen LogP contribution in [0.15, 0.2) is 24.3 Å². The number of phenolic OH excluding ortho intramolecular Hbond substituents is 3. The summed E-state index contributed by atoms with van der Waals surface area (Å²) in [6.07, 6.45) is 3.11. The number of carbonyl (C=O) groups excluding carboxylic acids is 1. The molecule has 0 aliphatic carbocycles. The van der Waals surface area contributed by atoms with Gasteiger partial charge >= 0.3 is 6.09 Å². The van der Waals surface area contributed by atoms with Gasteiger partial charge in [0.2, 0.25) is 5.75 Å². The van der Waals surface area contributed by atoms with E-state index in [0.717, 1.165) is 0 Å². The fourth-order valence-electron chi connectivity index (χ4n) is 1.67. The third-order valence-corrected chi connectivity index (χ3v) is 2.72. The Kier molecular flexibility index (Phi) is 6.71. The molecule has 7 nitrogen and oxygen atoms in total. The second-order valence-electron chi connectivity index (χ2n) is 5.93. The Morgan fingerprint density at radius 1 is 1.13 bits per heavy atom.